The number of nitrogens with two attached hydrogens (primary N) is 1. The maximum atomic E-state index is 13.5. The minimum atomic E-state index is -0.544. The van der Waals surface area contributed by atoms with Gasteiger partial charge in [-0.25, -0.2) is 9.82 Å². The van der Waals surface area contributed by atoms with Crippen LogP contribution < -0.4 is 27.1 Å². The van der Waals surface area contributed by atoms with Crippen molar-refractivity contribution >= 4 is 5.91 Å². The van der Waals surface area contributed by atoms with Crippen molar-refractivity contribution in [2.24, 2.45) is 17.6 Å². The highest BCUT2D eigenvalue weighted by Crippen LogP contribution is 2.29. The highest BCUT2D eigenvalue weighted by atomic mass is 19.1. The molecule has 27 heavy (non-hydrogen) atoms. The van der Waals surface area contributed by atoms with Gasteiger partial charge in [0, 0.05) is 18.6 Å². The molecule has 3 fully saturated rings. The van der Waals surface area contributed by atoms with E-state index < -0.39 is 12.1 Å². The van der Waals surface area contributed by atoms with Crippen LogP contribution in [0.4, 0.5) is 4.39 Å². The van der Waals surface area contributed by atoms with Crippen LogP contribution in [0.1, 0.15) is 25.7 Å². The second kappa shape index (κ2) is 8.00. The highest BCUT2D eigenvalue weighted by Gasteiger charge is 2.46. The molecule has 4 rings (SSSR count). The summed E-state index contributed by atoms with van der Waals surface area (Å²) in [5.74, 6) is -0.369. The maximum absolute atomic E-state index is 13.5. The summed E-state index contributed by atoms with van der Waals surface area (Å²) in [5.41, 5.74) is 9.14. The van der Waals surface area contributed by atoms with Gasteiger partial charge >= 0.3 is 0 Å². The van der Waals surface area contributed by atoms with Gasteiger partial charge in [-0.3, -0.25) is 15.1 Å². The monoisotopic (exact) mass is 381 g/mol. The Hall–Kier alpha value is -1.26. The van der Waals surface area contributed by atoms with Crippen LogP contribution in [0.15, 0.2) is 12.0 Å². The molecule has 0 radical (unpaired) electrons. The molecule has 1 amide bonds. The van der Waals surface area contributed by atoms with Gasteiger partial charge in [0.1, 0.15) is 17.9 Å². The van der Waals surface area contributed by atoms with Crippen LogP contribution in [0.25, 0.3) is 0 Å². The quantitative estimate of drug-likeness (QED) is 0.429. The lowest BCUT2D eigenvalue weighted by atomic mass is 9.81. The minimum Gasteiger partial charge on any atom is -0.351 e. The molecule has 0 aliphatic carbocycles. The van der Waals surface area contributed by atoms with Crippen molar-refractivity contribution in [1.29, 1.82) is 0 Å². The smallest absolute Gasteiger partial charge is 0.229 e. The first-order chi connectivity index (χ1) is 13.0. The molecule has 6 N–H and O–H groups in total. The number of carbonyl (C=O) groups is 1. The Kier molecular flexibility index (Phi) is 5.65. The molecule has 0 aromatic rings. The van der Waals surface area contributed by atoms with Crippen LogP contribution >= 0.6 is 0 Å². The van der Waals surface area contributed by atoms with Crippen molar-refractivity contribution in [2.75, 3.05) is 33.2 Å². The average molecular weight is 382 g/mol. The number of nitrogens with zero attached hydrogens (tertiary/aromatic N) is 2. The molecule has 9 heteroatoms. The van der Waals surface area contributed by atoms with E-state index in [4.69, 9.17) is 5.73 Å². The fourth-order valence-electron chi connectivity index (χ4n) is 5.17. The number of amides is 1. The third-order valence-electron chi connectivity index (χ3n) is 6.57. The molecular weight excluding hydrogens is 349 g/mol. The molecule has 0 aromatic heterocycles. The number of halogens is 1. The topological polar surface area (TPSA) is 97.7 Å². The fourth-order valence-corrected chi connectivity index (χ4v) is 5.17. The molecule has 6 unspecified atom stereocenters. The molecule has 3 saturated heterocycles. The van der Waals surface area contributed by atoms with Crippen LogP contribution in [0.5, 0.6) is 0 Å². The summed E-state index contributed by atoms with van der Waals surface area (Å²) in [4.78, 5) is 15.6. The number of carbonyl (C=O) groups excluding carboxylic acids is 1. The number of nitrogens with one attached hydrogen (secondary N) is 4. The Morgan fingerprint density at radius 3 is 3.04 bits per heavy atom. The van der Waals surface area contributed by atoms with Crippen LogP contribution in [0.2, 0.25) is 0 Å². The van der Waals surface area contributed by atoms with Crippen molar-refractivity contribution in [3.8, 4) is 0 Å². The predicted molar refractivity (Wildman–Crippen MR) is 101 cm³/mol. The number of likely N-dealkylation sites (tertiary alicyclic amines) is 1. The van der Waals surface area contributed by atoms with Gasteiger partial charge in [-0.15, -0.1) is 0 Å². The van der Waals surface area contributed by atoms with Crippen molar-refractivity contribution in [3.63, 3.8) is 0 Å². The van der Waals surface area contributed by atoms with E-state index in [1.54, 1.807) is 5.01 Å². The Bertz CT molecular complexity index is 588. The van der Waals surface area contributed by atoms with E-state index in [0.29, 0.717) is 12.0 Å². The SMILES string of the molecule is CN1CCCCC1C1CCNCC1NC(=O)C1C(N)NN2C=C(F)CNC12. The standard InChI is InChI=1S/C18H32FN7O/c1-25-7-3-2-4-14(25)12-5-6-21-9-13(12)23-18(27)15-16(20)24-26-10-11(19)8-22-17(15)26/h10,12-17,21-22,24H,2-9,20H2,1H3,(H,23,27). The molecule has 152 valence electrons. The van der Waals surface area contributed by atoms with Crippen molar-refractivity contribution in [1.82, 2.24) is 31.3 Å². The second-order valence-corrected chi connectivity index (χ2v) is 8.31. The summed E-state index contributed by atoms with van der Waals surface area (Å²) in [7, 11) is 2.20. The van der Waals surface area contributed by atoms with Gasteiger partial charge in [0.25, 0.3) is 0 Å². The lowest BCUT2D eigenvalue weighted by molar-refractivity contribution is -0.127. The molecule has 0 aromatic carbocycles. The van der Waals surface area contributed by atoms with Gasteiger partial charge in [-0.05, 0) is 45.3 Å². The summed E-state index contributed by atoms with van der Waals surface area (Å²) >= 11 is 0. The molecule has 4 aliphatic rings. The Morgan fingerprint density at radius 1 is 1.37 bits per heavy atom. The first-order valence-electron chi connectivity index (χ1n) is 10.2. The Balaban J connectivity index is 1.44. The van der Waals surface area contributed by atoms with Crippen LogP contribution in [0.3, 0.4) is 0 Å². The summed E-state index contributed by atoms with van der Waals surface area (Å²) in [5, 5.41) is 11.3. The van der Waals surface area contributed by atoms with E-state index in [1.165, 1.54) is 25.5 Å². The molecular formula is C18H32FN7O. The van der Waals surface area contributed by atoms with Gasteiger partial charge in [-0.1, -0.05) is 6.42 Å². The molecule has 6 atom stereocenters. The average Bonchev–Trinajstić information content (AvgIpc) is 2.97. The minimum absolute atomic E-state index is 0.0668. The molecule has 4 heterocycles. The van der Waals surface area contributed by atoms with Gasteiger partial charge < -0.3 is 21.3 Å². The lowest BCUT2D eigenvalue weighted by Crippen LogP contribution is -2.60. The van der Waals surface area contributed by atoms with Crippen LogP contribution in [0, 0.1) is 11.8 Å². The van der Waals surface area contributed by atoms with Gasteiger partial charge in [-0.2, -0.15) is 0 Å². The number of hydrogen-bond acceptors (Lipinski definition) is 7. The number of hydrogen-bond donors (Lipinski definition) is 5. The van der Waals surface area contributed by atoms with E-state index in [9.17, 15) is 9.18 Å². The van der Waals surface area contributed by atoms with E-state index in [2.05, 4.69) is 33.3 Å². The summed E-state index contributed by atoms with van der Waals surface area (Å²) < 4.78 is 13.5. The highest BCUT2D eigenvalue weighted by molar-refractivity contribution is 5.81. The molecule has 8 nitrogen and oxygen atoms in total. The summed E-state index contributed by atoms with van der Waals surface area (Å²) in [6, 6.07) is 0.608. The van der Waals surface area contributed by atoms with E-state index >= 15 is 0 Å². The number of piperidine rings is 2. The van der Waals surface area contributed by atoms with Gasteiger partial charge in [0.2, 0.25) is 5.91 Å². The number of rotatable bonds is 3. The first kappa shape index (κ1) is 19.1. The van der Waals surface area contributed by atoms with Crippen molar-refractivity contribution in [2.45, 2.75) is 50.1 Å². The fraction of sp³-hybridized carbons (Fsp3) is 0.833. The van der Waals surface area contributed by atoms with Crippen LogP contribution in [-0.4, -0.2) is 73.5 Å². The first-order valence-corrected chi connectivity index (χ1v) is 10.2. The third-order valence-corrected chi connectivity index (χ3v) is 6.57. The summed E-state index contributed by atoms with van der Waals surface area (Å²) in [6.07, 6.45) is 5.29. The zero-order chi connectivity index (χ0) is 19.0. The van der Waals surface area contributed by atoms with Gasteiger partial charge in [0.05, 0.1) is 18.9 Å². The van der Waals surface area contributed by atoms with Gasteiger partial charge in [0.15, 0.2) is 0 Å². The Labute approximate surface area is 160 Å². The third kappa shape index (κ3) is 3.84. The zero-order valence-electron chi connectivity index (χ0n) is 16.0. The zero-order valence-corrected chi connectivity index (χ0v) is 16.0. The van der Waals surface area contributed by atoms with Crippen LogP contribution in [-0.2, 0) is 4.79 Å². The summed E-state index contributed by atoms with van der Waals surface area (Å²) in [6.45, 7) is 3.03. The number of fused-ring (bicyclic) bond motifs is 1. The maximum Gasteiger partial charge on any atom is 0.229 e. The molecule has 4 aliphatic heterocycles. The van der Waals surface area contributed by atoms with E-state index in [0.717, 1.165) is 26.1 Å². The number of hydrazine groups is 1. The molecule has 0 bridgehead atoms. The normalized spacial score (nSPS) is 40.4. The second-order valence-electron chi connectivity index (χ2n) is 8.31. The predicted octanol–water partition coefficient (Wildman–Crippen LogP) is -0.974. The Morgan fingerprint density at radius 2 is 2.22 bits per heavy atom. The van der Waals surface area contributed by atoms with Crippen molar-refractivity contribution < 1.29 is 9.18 Å². The van der Waals surface area contributed by atoms with E-state index in [1.807, 2.05) is 0 Å². The molecule has 0 spiro atoms. The lowest BCUT2D eigenvalue weighted by Gasteiger charge is -2.44. The largest absolute Gasteiger partial charge is 0.351 e. The van der Waals surface area contributed by atoms with E-state index in [-0.39, 0.29) is 30.5 Å². The van der Waals surface area contributed by atoms with Crippen molar-refractivity contribution in [3.05, 3.63) is 12.0 Å². The molecule has 0 saturated carbocycles.